The second-order valence-electron chi connectivity index (χ2n) is 5.47. The first kappa shape index (κ1) is 19.6. The molecule has 2 amide bonds. The van der Waals surface area contributed by atoms with Gasteiger partial charge in [0.2, 0.25) is 5.91 Å². The Morgan fingerprint density at radius 1 is 1.21 bits per heavy atom. The van der Waals surface area contributed by atoms with Crippen LogP contribution in [0, 0.1) is 0 Å². The number of carboxylic acid groups (broad SMARTS) is 1. The van der Waals surface area contributed by atoms with Crippen molar-refractivity contribution < 1.29 is 24.2 Å². The van der Waals surface area contributed by atoms with Gasteiger partial charge in [-0.25, -0.2) is 4.79 Å². The van der Waals surface area contributed by atoms with Crippen LogP contribution in [0.25, 0.3) is 0 Å². The Kier molecular flexibility index (Phi) is 7.34. The van der Waals surface area contributed by atoms with Gasteiger partial charge >= 0.3 is 5.97 Å². The van der Waals surface area contributed by atoms with Crippen LogP contribution >= 0.6 is 0 Å². The molecule has 2 N–H and O–H groups in total. The number of hydrogen-bond acceptors (Lipinski definition) is 5. The maximum absolute atomic E-state index is 12.4. The van der Waals surface area contributed by atoms with E-state index in [1.54, 1.807) is 0 Å². The van der Waals surface area contributed by atoms with Crippen LogP contribution in [0.15, 0.2) is 36.2 Å². The molecule has 1 fully saturated rings. The third-order valence-corrected chi connectivity index (χ3v) is 3.29. The fraction of sp³-hybridized carbons (Fsp3) is 0.438. The molecule has 0 atom stereocenters. The molecule has 0 aromatic rings. The Morgan fingerprint density at radius 2 is 1.79 bits per heavy atom. The molecule has 1 heterocycles. The van der Waals surface area contributed by atoms with Gasteiger partial charge in [0.1, 0.15) is 5.70 Å². The van der Waals surface area contributed by atoms with Gasteiger partial charge in [-0.05, 0) is 13.8 Å². The minimum absolute atomic E-state index is 0.0656. The van der Waals surface area contributed by atoms with Gasteiger partial charge in [0, 0.05) is 30.4 Å². The molecular weight excluding hydrogens is 314 g/mol. The van der Waals surface area contributed by atoms with Crippen LogP contribution in [-0.4, -0.2) is 65.7 Å². The first-order chi connectivity index (χ1) is 11.2. The average molecular weight is 337 g/mol. The molecule has 0 radical (unpaired) electrons. The van der Waals surface area contributed by atoms with Crippen LogP contribution in [0.3, 0.4) is 0 Å². The predicted molar refractivity (Wildman–Crippen MR) is 87.6 cm³/mol. The zero-order valence-corrected chi connectivity index (χ0v) is 14.0. The summed E-state index contributed by atoms with van der Waals surface area (Å²) in [5.41, 5.74) is 0.0766. The quantitative estimate of drug-likeness (QED) is 0.648. The van der Waals surface area contributed by atoms with E-state index in [2.05, 4.69) is 18.5 Å². The molecule has 0 saturated carbocycles. The highest BCUT2D eigenvalue weighted by atomic mass is 16.5. The Morgan fingerprint density at radius 3 is 2.25 bits per heavy atom. The van der Waals surface area contributed by atoms with Gasteiger partial charge in [0.15, 0.2) is 0 Å². The highest BCUT2D eigenvalue weighted by molar-refractivity contribution is 6.00. The molecule has 8 nitrogen and oxygen atoms in total. The van der Waals surface area contributed by atoms with Gasteiger partial charge in [0.05, 0.1) is 19.9 Å². The van der Waals surface area contributed by atoms with E-state index in [4.69, 9.17) is 4.74 Å². The molecule has 0 aromatic carbocycles. The third-order valence-electron chi connectivity index (χ3n) is 3.29. The van der Waals surface area contributed by atoms with E-state index in [1.807, 2.05) is 4.90 Å². The van der Waals surface area contributed by atoms with Crippen molar-refractivity contribution in [2.75, 3.05) is 33.0 Å². The van der Waals surface area contributed by atoms with Crippen LogP contribution in [-0.2, 0) is 19.1 Å². The van der Waals surface area contributed by atoms with E-state index < -0.39 is 17.8 Å². The molecule has 132 valence electrons. The molecular formula is C16H23N3O5. The van der Waals surface area contributed by atoms with Gasteiger partial charge in [-0.3, -0.25) is 19.4 Å². The molecule has 8 heteroatoms. The number of morpholine rings is 1. The van der Waals surface area contributed by atoms with Crippen molar-refractivity contribution in [2.45, 2.75) is 13.8 Å². The fourth-order valence-electron chi connectivity index (χ4n) is 1.93. The number of aliphatic carboxylic acids is 1. The largest absolute Gasteiger partial charge is 0.477 e. The Balaban J connectivity index is 3.05. The summed E-state index contributed by atoms with van der Waals surface area (Å²) < 4.78 is 5.24. The number of nitrogens with zero attached hydrogens (tertiary/aromatic N) is 2. The van der Waals surface area contributed by atoms with Crippen LogP contribution in [0.2, 0.25) is 0 Å². The minimum atomic E-state index is -1.33. The molecule has 24 heavy (non-hydrogen) atoms. The maximum atomic E-state index is 12.4. The smallest absolute Gasteiger partial charge is 0.354 e. The van der Waals surface area contributed by atoms with Gasteiger partial charge in [0.25, 0.3) is 5.91 Å². The summed E-state index contributed by atoms with van der Waals surface area (Å²) in [5, 5.41) is 11.8. The van der Waals surface area contributed by atoms with Crippen molar-refractivity contribution in [3.05, 3.63) is 36.2 Å². The first-order valence-electron chi connectivity index (χ1n) is 7.41. The standard InChI is InChI=1S/C16H23N3O5/c1-11(2)14(20)17-9-13(16(22)23)19(15(21)12(3)4)10-18-5-7-24-8-6-18/h9H,1,3,5-8,10H2,2,4H3,(H,17,20)(H,22,23). The molecule has 0 aromatic heterocycles. The van der Waals surface area contributed by atoms with Crippen LogP contribution in [0.4, 0.5) is 0 Å². The Bertz CT molecular complexity index is 576. The molecule has 1 rings (SSSR count). The second kappa shape index (κ2) is 8.99. The second-order valence-corrected chi connectivity index (χ2v) is 5.47. The van der Waals surface area contributed by atoms with Crippen molar-refractivity contribution in [3.8, 4) is 0 Å². The number of carbonyl (C=O) groups excluding carboxylic acids is 2. The lowest BCUT2D eigenvalue weighted by Gasteiger charge is -2.33. The molecule has 0 bridgehead atoms. The zero-order valence-electron chi connectivity index (χ0n) is 14.0. The lowest BCUT2D eigenvalue weighted by Crippen LogP contribution is -2.47. The molecule has 0 aliphatic carbocycles. The summed E-state index contributed by atoms with van der Waals surface area (Å²) in [6.45, 7) is 12.3. The number of amides is 2. The van der Waals surface area contributed by atoms with E-state index in [9.17, 15) is 19.5 Å². The van der Waals surface area contributed by atoms with E-state index in [-0.39, 0.29) is 23.5 Å². The van der Waals surface area contributed by atoms with E-state index in [0.717, 1.165) is 11.1 Å². The SMILES string of the molecule is C=C(C)C(=O)NC=C(C(=O)O)N(CN1CCOCC1)C(=O)C(=C)C. The molecule has 1 aliphatic rings. The zero-order chi connectivity index (χ0) is 18.3. The Labute approximate surface area is 141 Å². The van der Waals surface area contributed by atoms with E-state index in [0.29, 0.717) is 26.3 Å². The number of carboxylic acids is 1. The maximum Gasteiger partial charge on any atom is 0.354 e. The van der Waals surface area contributed by atoms with Gasteiger partial charge in [-0.2, -0.15) is 0 Å². The van der Waals surface area contributed by atoms with Gasteiger partial charge < -0.3 is 15.2 Å². The lowest BCUT2D eigenvalue weighted by molar-refractivity contribution is -0.140. The topological polar surface area (TPSA) is 99.2 Å². The van der Waals surface area contributed by atoms with Crippen LogP contribution < -0.4 is 5.32 Å². The van der Waals surface area contributed by atoms with Gasteiger partial charge in [-0.1, -0.05) is 13.2 Å². The normalized spacial score (nSPS) is 15.5. The summed E-state index contributed by atoms with van der Waals surface area (Å²) in [4.78, 5) is 38.5. The third kappa shape index (κ3) is 5.64. The summed E-state index contributed by atoms with van der Waals surface area (Å²) in [6.07, 6.45) is 1.00. The number of nitrogens with one attached hydrogen (secondary N) is 1. The highest BCUT2D eigenvalue weighted by Gasteiger charge is 2.27. The summed E-state index contributed by atoms with van der Waals surface area (Å²) >= 11 is 0. The Hall–Kier alpha value is -2.45. The summed E-state index contributed by atoms with van der Waals surface area (Å²) in [5.74, 6) is -2.39. The van der Waals surface area contributed by atoms with Crippen LogP contribution in [0.5, 0.6) is 0 Å². The van der Waals surface area contributed by atoms with Gasteiger partial charge in [-0.15, -0.1) is 0 Å². The van der Waals surface area contributed by atoms with E-state index >= 15 is 0 Å². The molecule has 0 spiro atoms. The van der Waals surface area contributed by atoms with Crippen molar-refractivity contribution in [1.29, 1.82) is 0 Å². The summed E-state index contributed by atoms with van der Waals surface area (Å²) in [7, 11) is 0. The van der Waals surface area contributed by atoms with Crippen molar-refractivity contribution in [2.24, 2.45) is 0 Å². The number of rotatable bonds is 7. The lowest BCUT2D eigenvalue weighted by atomic mass is 10.2. The van der Waals surface area contributed by atoms with Crippen LogP contribution in [0.1, 0.15) is 13.8 Å². The number of hydrogen-bond donors (Lipinski definition) is 2. The fourth-order valence-corrected chi connectivity index (χ4v) is 1.93. The monoisotopic (exact) mass is 337 g/mol. The molecule has 1 saturated heterocycles. The van der Waals surface area contributed by atoms with Crippen molar-refractivity contribution in [1.82, 2.24) is 15.1 Å². The predicted octanol–water partition coefficient (Wildman–Crippen LogP) is 0.299. The van der Waals surface area contributed by atoms with Crippen molar-refractivity contribution >= 4 is 17.8 Å². The average Bonchev–Trinajstić information content (AvgIpc) is 2.53. The highest BCUT2D eigenvalue weighted by Crippen LogP contribution is 2.12. The molecule has 1 aliphatic heterocycles. The van der Waals surface area contributed by atoms with Crippen molar-refractivity contribution in [3.63, 3.8) is 0 Å². The number of carbonyl (C=O) groups is 3. The summed E-state index contributed by atoms with van der Waals surface area (Å²) in [6, 6.07) is 0. The molecule has 0 unspecified atom stereocenters. The minimum Gasteiger partial charge on any atom is -0.477 e. The van der Waals surface area contributed by atoms with E-state index in [1.165, 1.54) is 13.8 Å². The number of ether oxygens (including phenoxy) is 1. The first-order valence-corrected chi connectivity index (χ1v) is 7.41.